The summed E-state index contributed by atoms with van der Waals surface area (Å²) in [7, 11) is 3.98. The largest absolute Gasteiger partial charge is 0.378 e. The summed E-state index contributed by atoms with van der Waals surface area (Å²) in [4.78, 5) is 14.7. The number of carbonyl (C=O) groups is 1. The third kappa shape index (κ3) is 3.46. The fourth-order valence-corrected chi connectivity index (χ4v) is 2.59. The zero-order valence-corrected chi connectivity index (χ0v) is 13.9. The van der Waals surface area contributed by atoms with Crippen molar-refractivity contribution in [1.82, 2.24) is 0 Å². The number of carbonyl (C=O) groups excluding carboxylic acids is 1. The summed E-state index contributed by atoms with van der Waals surface area (Å²) in [6.07, 6.45) is 0. The lowest BCUT2D eigenvalue weighted by Gasteiger charge is -2.14. The first-order valence-corrected chi connectivity index (χ1v) is 7.88. The SMILES string of the molecule is CN(C)c1ccc(NC(=O)c2ccccc2-c2ccccc2)cc1. The standard InChI is InChI=1S/C21H20N2O/c1-23(2)18-14-12-17(13-15-18)22-21(24)20-11-7-6-10-19(20)16-8-4-3-5-9-16/h3-15H,1-2H3,(H,22,24). The second-order valence-corrected chi connectivity index (χ2v) is 5.81. The molecule has 0 aliphatic rings. The Kier molecular flexibility index (Phi) is 4.62. The van der Waals surface area contributed by atoms with E-state index in [9.17, 15) is 4.79 Å². The zero-order chi connectivity index (χ0) is 16.9. The normalized spacial score (nSPS) is 10.2. The summed E-state index contributed by atoms with van der Waals surface area (Å²) in [5.41, 5.74) is 4.51. The van der Waals surface area contributed by atoms with Gasteiger partial charge >= 0.3 is 0 Å². The summed E-state index contributed by atoms with van der Waals surface area (Å²) in [6.45, 7) is 0. The van der Waals surface area contributed by atoms with E-state index in [2.05, 4.69) is 5.32 Å². The molecule has 0 bridgehead atoms. The van der Waals surface area contributed by atoms with Crippen LogP contribution in [-0.4, -0.2) is 20.0 Å². The molecule has 120 valence electrons. The molecule has 3 heteroatoms. The lowest BCUT2D eigenvalue weighted by atomic mass is 9.99. The van der Waals surface area contributed by atoms with E-state index in [0.29, 0.717) is 5.56 Å². The molecule has 3 aromatic carbocycles. The van der Waals surface area contributed by atoms with Gasteiger partial charge in [-0.05, 0) is 41.5 Å². The molecular weight excluding hydrogens is 296 g/mol. The maximum absolute atomic E-state index is 12.7. The van der Waals surface area contributed by atoms with Crippen molar-refractivity contribution >= 4 is 17.3 Å². The first-order valence-electron chi connectivity index (χ1n) is 7.88. The van der Waals surface area contributed by atoms with Crippen LogP contribution in [0.4, 0.5) is 11.4 Å². The molecule has 1 amide bonds. The second-order valence-electron chi connectivity index (χ2n) is 5.81. The molecule has 24 heavy (non-hydrogen) atoms. The molecule has 3 aromatic rings. The Morgan fingerprint density at radius 1 is 0.792 bits per heavy atom. The number of nitrogens with zero attached hydrogens (tertiary/aromatic N) is 1. The van der Waals surface area contributed by atoms with Crippen LogP contribution in [0.5, 0.6) is 0 Å². The average Bonchev–Trinajstić information content (AvgIpc) is 2.63. The maximum Gasteiger partial charge on any atom is 0.256 e. The Morgan fingerprint density at radius 2 is 1.42 bits per heavy atom. The smallest absolute Gasteiger partial charge is 0.256 e. The molecule has 3 rings (SSSR count). The highest BCUT2D eigenvalue weighted by atomic mass is 16.1. The van der Waals surface area contributed by atoms with Crippen molar-refractivity contribution in [2.45, 2.75) is 0 Å². The van der Waals surface area contributed by atoms with Crippen LogP contribution < -0.4 is 10.2 Å². The summed E-state index contributed by atoms with van der Waals surface area (Å²) >= 11 is 0. The average molecular weight is 316 g/mol. The van der Waals surface area contributed by atoms with Gasteiger partial charge in [-0.25, -0.2) is 0 Å². The molecular formula is C21H20N2O. The van der Waals surface area contributed by atoms with Crippen molar-refractivity contribution in [3.63, 3.8) is 0 Å². The van der Waals surface area contributed by atoms with Gasteiger partial charge in [0.15, 0.2) is 0 Å². The van der Waals surface area contributed by atoms with E-state index >= 15 is 0 Å². The van der Waals surface area contributed by atoms with E-state index in [1.165, 1.54) is 0 Å². The number of hydrogen-bond acceptors (Lipinski definition) is 2. The number of hydrogen-bond donors (Lipinski definition) is 1. The predicted molar refractivity (Wildman–Crippen MR) is 101 cm³/mol. The number of rotatable bonds is 4. The summed E-state index contributed by atoms with van der Waals surface area (Å²) < 4.78 is 0. The van der Waals surface area contributed by atoms with Crippen LogP contribution in [0.1, 0.15) is 10.4 Å². The minimum absolute atomic E-state index is 0.105. The van der Waals surface area contributed by atoms with E-state index in [1.807, 2.05) is 97.9 Å². The lowest BCUT2D eigenvalue weighted by molar-refractivity contribution is 0.102. The quantitative estimate of drug-likeness (QED) is 0.758. The first-order chi connectivity index (χ1) is 11.6. The molecule has 3 nitrogen and oxygen atoms in total. The van der Waals surface area contributed by atoms with Crippen molar-refractivity contribution in [3.8, 4) is 11.1 Å². The molecule has 0 saturated carbocycles. The van der Waals surface area contributed by atoms with Crippen LogP contribution in [0.3, 0.4) is 0 Å². The number of benzene rings is 3. The van der Waals surface area contributed by atoms with Crippen LogP contribution in [0.25, 0.3) is 11.1 Å². The minimum Gasteiger partial charge on any atom is -0.378 e. The second kappa shape index (κ2) is 7.01. The van der Waals surface area contributed by atoms with Gasteiger partial charge < -0.3 is 10.2 Å². The van der Waals surface area contributed by atoms with Crippen LogP contribution in [0.2, 0.25) is 0 Å². The zero-order valence-electron chi connectivity index (χ0n) is 13.9. The van der Waals surface area contributed by atoms with Gasteiger partial charge in [0.05, 0.1) is 0 Å². The van der Waals surface area contributed by atoms with Gasteiger partial charge in [-0.1, -0.05) is 48.5 Å². The Balaban J connectivity index is 1.86. The molecule has 0 atom stereocenters. The number of anilines is 2. The molecule has 0 aromatic heterocycles. The van der Waals surface area contributed by atoms with Crippen molar-refractivity contribution in [1.29, 1.82) is 0 Å². The molecule has 1 N–H and O–H groups in total. The highest BCUT2D eigenvalue weighted by Crippen LogP contribution is 2.24. The van der Waals surface area contributed by atoms with E-state index in [4.69, 9.17) is 0 Å². The Hall–Kier alpha value is -3.07. The van der Waals surface area contributed by atoms with E-state index in [-0.39, 0.29) is 5.91 Å². The van der Waals surface area contributed by atoms with Crippen LogP contribution in [-0.2, 0) is 0 Å². The summed E-state index contributed by atoms with van der Waals surface area (Å²) in [5.74, 6) is -0.105. The molecule has 0 unspecified atom stereocenters. The Bertz CT molecular complexity index is 824. The van der Waals surface area contributed by atoms with Gasteiger partial charge in [0.25, 0.3) is 5.91 Å². The highest BCUT2D eigenvalue weighted by Gasteiger charge is 2.12. The highest BCUT2D eigenvalue weighted by molar-refractivity contribution is 6.08. The molecule has 0 heterocycles. The fourth-order valence-electron chi connectivity index (χ4n) is 2.59. The molecule has 0 saturated heterocycles. The van der Waals surface area contributed by atoms with E-state index in [1.54, 1.807) is 0 Å². The van der Waals surface area contributed by atoms with Crippen LogP contribution in [0.15, 0.2) is 78.9 Å². The summed E-state index contributed by atoms with van der Waals surface area (Å²) in [6, 6.07) is 25.4. The topological polar surface area (TPSA) is 32.3 Å². The van der Waals surface area contributed by atoms with Gasteiger partial charge in [0.1, 0.15) is 0 Å². The van der Waals surface area contributed by atoms with Crippen molar-refractivity contribution in [2.24, 2.45) is 0 Å². The summed E-state index contributed by atoms with van der Waals surface area (Å²) in [5, 5.41) is 2.98. The van der Waals surface area contributed by atoms with Gasteiger partial charge in [-0.3, -0.25) is 4.79 Å². The molecule has 0 fully saturated rings. The van der Waals surface area contributed by atoms with Crippen LogP contribution >= 0.6 is 0 Å². The van der Waals surface area contributed by atoms with E-state index < -0.39 is 0 Å². The Morgan fingerprint density at radius 3 is 2.08 bits per heavy atom. The fraction of sp³-hybridized carbons (Fsp3) is 0.0952. The molecule has 0 aliphatic heterocycles. The van der Waals surface area contributed by atoms with Gasteiger partial charge in [0.2, 0.25) is 0 Å². The first kappa shape index (κ1) is 15.8. The number of nitrogens with one attached hydrogen (secondary N) is 1. The monoisotopic (exact) mass is 316 g/mol. The van der Waals surface area contributed by atoms with Gasteiger partial charge in [0, 0.05) is 31.0 Å². The van der Waals surface area contributed by atoms with Gasteiger partial charge in [-0.2, -0.15) is 0 Å². The van der Waals surface area contributed by atoms with Crippen molar-refractivity contribution < 1.29 is 4.79 Å². The Labute approximate surface area is 142 Å². The van der Waals surface area contributed by atoms with Crippen molar-refractivity contribution in [3.05, 3.63) is 84.4 Å². The lowest BCUT2D eigenvalue weighted by Crippen LogP contribution is -2.13. The van der Waals surface area contributed by atoms with Gasteiger partial charge in [-0.15, -0.1) is 0 Å². The third-order valence-electron chi connectivity index (χ3n) is 3.90. The molecule has 0 spiro atoms. The van der Waals surface area contributed by atoms with E-state index in [0.717, 1.165) is 22.5 Å². The van der Waals surface area contributed by atoms with Crippen LogP contribution in [0, 0.1) is 0 Å². The number of amides is 1. The minimum atomic E-state index is -0.105. The van der Waals surface area contributed by atoms with Crippen molar-refractivity contribution in [2.75, 3.05) is 24.3 Å². The molecule has 0 aliphatic carbocycles. The predicted octanol–water partition coefficient (Wildman–Crippen LogP) is 4.67. The maximum atomic E-state index is 12.7. The molecule has 0 radical (unpaired) electrons. The third-order valence-corrected chi connectivity index (χ3v) is 3.90.